The molecule has 3 nitrogen and oxygen atoms in total. The van der Waals surface area contributed by atoms with Crippen molar-refractivity contribution in [1.29, 1.82) is 0 Å². The first-order chi connectivity index (χ1) is 8.94. The molecule has 1 aromatic heterocycles. The van der Waals surface area contributed by atoms with E-state index in [1.165, 1.54) is 6.20 Å². The minimum absolute atomic E-state index is 0.0601. The van der Waals surface area contributed by atoms with Crippen LogP contribution in [0.3, 0.4) is 0 Å². The molecule has 1 aromatic rings. The van der Waals surface area contributed by atoms with Gasteiger partial charge in [-0.2, -0.15) is 0 Å². The number of rotatable bonds is 5. The normalized spacial score (nSPS) is 18.2. The van der Waals surface area contributed by atoms with E-state index >= 15 is 0 Å². The van der Waals surface area contributed by atoms with Crippen molar-refractivity contribution in [3.05, 3.63) is 29.8 Å². The summed E-state index contributed by atoms with van der Waals surface area (Å²) in [5, 5.41) is 2.94. The quantitative estimate of drug-likeness (QED) is 0.887. The Morgan fingerprint density at radius 2 is 2.16 bits per heavy atom. The lowest BCUT2D eigenvalue weighted by molar-refractivity contribution is -0.127. The van der Waals surface area contributed by atoms with Gasteiger partial charge in [-0.05, 0) is 38.2 Å². The smallest absolute Gasteiger partial charge is 0.226 e. The fourth-order valence-corrected chi connectivity index (χ4v) is 2.62. The van der Waals surface area contributed by atoms with E-state index in [2.05, 4.69) is 24.1 Å². The molecule has 4 heteroatoms. The number of nitrogens with zero attached hydrogens (tertiary/aromatic N) is 1. The van der Waals surface area contributed by atoms with E-state index in [1.54, 1.807) is 12.3 Å². The SMILES string of the molecule is CC(C)CC1(C(=O)NC(C)c2ccncc2F)CC1. The van der Waals surface area contributed by atoms with Crippen molar-refractivity contribution in [2.24, 2.45) is 11.3 Å². The lowest BCUT2D eigenvalue weighted by Gasteiger charge is -2.21. The number of carbonyl (C=O) groups excluding carboxylic acids is 1. The molecule has 0 spiro atoms. The zero-order valence-corrected chi connectivity index (χ0v) is 11.7. The van der Waals surface area contributed by atoms with Crippen molar-refractivity contribution in [2.75, 3.05) is 0 Å². The number of halogens is 1. The third kappa shape index (κ3) is 3.11. The van der Waals surface area contributed by atoms with Gasteiger partial charge in [0, 0.05) is 17.2 Å². The Kier molecular flexibility index (Phi) is 3.88. The highest BCUT2D eigenvalue weighted by atomic mass is 19.1. The average Bonchev–Trinajstić information content (AvgIpc) is 3.09. The third-order valence-electron chi connectivity index (χ3n) is 3.75. The van der Waals surface area contributed by atoms with Crippen LogP contribution in [0, 0.1) is 17.2 Å². The number of nitrogens with one attached hydrogen (secondary N) is 1. The number of carbonyl (C=O) groups is 1. The molecule has 1 aliphatic carbocycles. The largest absolute Gasteiger partial charge is 0.349 e. The molecule has 1 unspecified atom stereocenters. The minimum Gasteiger partial charge on any atom is -0.349 e. The molecular weight excluding hydrogens is 243 g/mol. The molecule has 0 aromatic carbocycles. The number of pyridine rings is 1. The number of aromatic nitrogens is 1. The molecule has 104 valence electrons. The Balaban J connectivity index is 2.02. The predicted octanol–water partition coefficient (Wildman–Crippen LogP) is 3.22. The summed E-state index contributed by atoms with van der Waals surface area (Å²) in [5.41, 5.74) is 0.287. The molecule has 0 saturated heterocycles. The van der Waals surface area contributed by atoms with Crippen LogP contribution < -0.4 is 5.32 Å². The van der Waals surface area contributed by atoms with E-state index in [4.69, 9.17) is 0 Å². The summed E-state index contributed by atoms with van der Waals surface area (Å²) in [7, 11) is 0. The Morgan fingerprint density at radius 1 is 1.47 bits per heavy atom. The van der Waals surface area contributed by atoms with Gasteiger partial charge in [-0.25, -0.2) is 4.39 Å². The maximum Gasteiger partial charge on any atom is 0.226 e. The number of amides is 1. The summed E-state index contributed by atoms with van der Waals surface area (Å²) in [4.78, 5) is 16.0. The fraction of sp³-hybridized carbons (Fsp3) is 0.600. The zero-order valence-electron chi connectivity index (χ0n) is 11.7. The molecule has 1 atom stereocenters. The highest BCUT2D eigenvalue weighted by Gasteiger charge is 2.49. The van der Waals surface area contributed by atoms with E-state index < -0.39 is 0 Å². The summed E-state index contributed by atoms with van der Waals surface area (Å²) in [6, 6.07) is 1.29. The Bertz CT molecular complexity index is 469. The summed E-state index contributed by atoms with van der Waals surface area (Å²) < 4.78 is 13.6. The van der Waals surface area contributed by atoms with Gasteiger partial charge in [-0.3, -0.25) is 9.78 Å². The van der Waals surface area contributed by atoms with Crippen molar-refractivity contribution in [1.82, 2.24) is 10.3 Å². The van der Waals surface area contributed by atoms with Crippen molar-refractivity contribution in [2.45, 2.75) is 46.1 Å². The Labute approximate surface area is 113 Å². The summed E-state index contributed by atoms with van der Waals surface area (Å²) in [6.07, 6.45) is 5.52. The van der Waals surface area contributed by atoms with Crippen LogP contribution in [0.1, 0.15) is 51.6 Å². The van der Waals surface area contributed by atoms with Gasteiger partial charge in [0.2, 0.25) is 5.91 Å². The zero-order chi connectivity index (χ0) is 14.0. The second-order valence-electron chi connectivity index (χ2n) is 5.97. The van der Waals surface area contributed by atoms with E-state index in [-0.39, 0.29) is 23.2 Å². The maximum absolute atomic E-state index is 13.6. The molecule has 1 heterocycles. The second-order valence-corrected chi connectivity index (χ2v) is 5.97. The van der Waals surface area contributed by atoms with Gasteiger partial charge < -0.3 is 5.32 Å². The van der Waals surface area contributed by atoms with Gasteiger partial charge in [0.05, 0.1) is 12.2 Å². The molecule has 19 heavy (non-hydrogen) atoms. The van der Waals surface area contributed by atoms with Crippen molar-refractivity contribution in [3.8, 4) is 0 Å². The number of hydrogen-bond donors (Lipinski definition) is 1. The molecule has 0 bridgehead atoms. The van der Waals surface area contributed by atoms with Crippen LogP contribution in [0.5, 0.6) is 0 Å². The van der Waals surface area contributed by atoms with E-state index in [0.29, 0.717) is 11.5 Å². The highest BCUT2D eigenvalue weighted by Crippen LogP contribution is 2.51. The van der Waals surface area contributed by atoms with Gasteiger partial charge in [0.1, 0.15) is 5.82 Å². The summed E-state index contributed by atoms with van der Waals surface area (Å²) in [6.45, 7) is 6.06. The van der Waals surface area contributed by atoms with Crippen LogP contribution >= 0.6 is 0 Å². The van der Waals surface area contributed by atoms with Crippen molar-refractivity contribution >= 4 is 5.91 Å². The van der Waals surface area contributed by atoms with Gasteiger partial charge in [-0.1, -0.05) is 13.8 Å². The lowest BCUT2D eigenvalue weighted by atomic mass is 9.93. The van der Waals surface area contributed by atoms with Gasteiger partial charge in [0.25, 0.3) is 0 Å². The predicted molar refractivity (Wildman–Crippen MR) is 71.9 cm³/mol. The molecule has 0 aliphatic heterocycles. The van der Waals surface area contributed by atoms with E-state index in [0.717, 1.165) is 19.3 Å². The first-order valence-corrected chi connectivity index (χ1v) is 6.85. The molecule has 1 fully saturated rings. The van der Waals surface area contributed by atoms with Crippen LogP contribution in [0.25, 0.3) is 0 Å². The standard InChI is InChI=1S/C15H21FN2O/c1-10(2)8-15(5-6-15)14(19)18-11(3)12-4-7-17-9-13(12)16/h4,7,9-11H,5-6,8H2,1-3H3,(H,18,19). The Hall–Kier alpha value is -1.45. The van der Waals surface area contributed by atoms with E-state index in [9.17, 15) is 9.18 Å². The fourth-order valence-electron chi connectivity index (χ4n) is 2.62. The Morgan fingerprint density at radius 3 is 2.68 bits per heavy atom. The van der Waals surface area contributed by atoms with Crippen molar-refractivity contribution < 1.29 is 9.18 Å². The first kappa shape index (κ1) is 14.0. The van der Waals surface area contributed by atoms with E-state index in [1.807, 2.05) is 6.92 Å². The molecule has 2 rings (SSSR count). The molecule has 1 saturated carbocycles. The molecule has 1 amide bonds. The molecule has 1 aliphatic rings. The summed E-state index contributed by atoms with van der Waals surface area (Å²) in [5.74, 6) is 0.190. The van der Waals surface area contributed by atoms with Crippen LogP contribution in [0.4, 0.5) is 4.39 Å². The van der Waals surface area contributed by atoms with Crippen LogP contribution in [-0.4, -0.2) is 10.9 Å². The van der Waals surface area contributed by atoms with Gasteiger partial charge in [0.15, 0.2) is 0 Å². The summed E-state index contributed by atoms with van der Waals surface area (Å²) >= 11 is 0. The van der Waals surface area contributed by atoms with Gasteiger partial charge in [-0.15, -0.1) is 0 Å². The van der Waals surface area contributed by atoms with Crippen molar-refractivity contribution in [3.63, 3.8) is 0 Å². The van der Waals surface area contributed by atoms with Crippen LogP contribution in [0.15, 0.2) is 18.5 Å². The number of hydrogen-bond acceptors (Lipinski definition) is 2. The van der Waals surface area contributed by atoms with Crippen LogP contribution in [-0.2, 0) is 4.79 Å². The molecule has 1 N–H and O–H groups in total. The second kappa shape index (κ2) is 5.27. The first-order valence-electron chi connectivity index (χ1n) is 6.85. The van der Waals surface area contributed by atoms with Gasteiger partial charge >= 0.3 is 0 Å². The minimum atomic E-state index is -0.371. The monoisotopic (exact) mass is 264 g/mol. The maximum atomic E-state index is 13.6. The molecule has 0 radical (unpaired) electrons. The highest BCUT2D eigenvalue weighted by molar-refractivity contribution is 5.85. The topological polar surface area (TPSA) is 42.0 Å². The van der Waals surface area contributed by atoms with Crippen LogP contribution in [0.2, 0.25) is 0 Å². The third-order valence-corrected chi connectivity index (χ3v) is 3.75. The average molecular weight is 264 g/mol. The molecular formula is C15H21FN2O. The lowest BCUT2D eigenvalue weighted by Crippen LogP contribution is -2.35.